The molecule has 124 valence electrons. The van der Waals surface area contributed by atoms with Crippen LogP contribution in [-0.2, 0) is 24.3 Å². The number of aliphatic hydroxyl groups is 1. The van der Waals surface area contributed by atoms with Gasteiger partial charge in [0.25, 0.3) is 5.56 Å². The van der Waals surface area contributed by atoms with Gasteiger partial charge in [-0.15, -0.1) is 11.3 Å². The Morgan fingerprint density at radius 1 is 1.48 bits per heavy atom. The number of aromatic nitrogens is 2. The summed E-state index contributed by atoms with van der Waals surface area (Å²) in [5.41, 5.74) is 0.919. The van der Waals surface area contributed by atoms with Gasteiger partial charge >= 0.3 is 0 Å². The molecule has 1 N–H and O–H groups in total. The predicted molar refractivity (Wildman–Crippen MR) is 90.3 cm³/mol. The topological polar surface area (TPSA) is 67.6 Å². The van der Waals surface area contributed by atoms with E-state index in [0.29, 0.717) is 25.6 Å². The monoisotopic (exact) mass is 335 g/mol. The number of rotatable bonds is 2. The van der Waals surface area contributed by atoms with E-state index in [4.69, 9.17) is 9.72 Å². The molecule has 0 saturated heterocycles. The highest BCUT2D eigenvalue weighted by Crippen LogP contribution is 2.38. The predicted octanol–water partition coefficient (Wildman–Crippen LogP) is 1.51. The number of fused-ring (bicyclic) bond motifs is 4. The first-order chi connectivity index (χ1) is 10.9. The third-order valence-electron chi connectivity index (χ3n) is 4.75. The number of ether oxygens (including phenoxy) is 1. The standard InChI is InChI=1S/C16H21N3O3S/c1-9-7-19-14(21)12-10-6-16(2,3)22-8-11(10)23-13(12)17-15(19)18(9)4-5-20/h9,20H,4-8H2,1-3H3/t9-/m0/s1. The van der Waals surface area contributed by atoms with Crippen LogP contribution < -0.4 is 10.5 Å². The van der Waals surface area contributed by atoms with Crippen LogP contribution >= 0.6 is 11.3 Å². The highest BCUT2D eigenvalue weighted by Gasteiger charge is 2.34. The van der Waals surface area contributed by atoms with Gasteiger partial charge in [-0.3, -0.25) is 9.36 Å². The quantitative estimate of drug-likeness (QED) is 0.901. The van der Waals surface area contributed by atoms with E-state index in [1.807, 2.05) is 4.90 Å². The van der Waals surface area contributed by atoms with Gasteiger partial charge in [-0.05, 0) is 26.3 Å². The van der Waals surface area contributed by atoms with Crippen molar-refractivity contribution in [3.05, 3.63) is 20.8 Å². The van der Waals surface area contributed by atoms with Gasteiger partial charge in [-0.2, -0.15) is 0 Å². The Balaban J connectivity index is 1.93. The third kappa shape index (κ3) is 2.21. The summed E-state index contributed by atoms with van der Waals surface area (Å²) in [6.07, 6.45) is 0.745. The molecule has 0 aromatic carbocycles. The minimum Gasteiger partial charge on any atom is -0.395 e. The van der Waals surface area contributed by atoms with Crippen molar-refractivity contribution < 1.29 is 9.84 Å². The summed E-state index contributed by atoms with van der Waals surface area (Å²) < 4.78 is 7.63. The van der Waals surface area contributed by atoms with E-state index in [9.17, 15) is 9.90 Å². The first kappa shape index (κ1) is 15.1. The molecule has 0 bridgehead atoms. The van der Waals surface area contributed by atoms with Gasteiger partial charge < -0.3 is 14.7 Å². The van der Waals surface area contributed by atoms with Crippen LogP contribution in [0.5, 0.6) is 0 Å². The number of nitrogens with zero attached hydrogens (tertiary/aromatic N) is 3. The first-order valence-electron chi connectivity index (χ1n) is 7.98. The summed E-state index contributed by atoms with van der Waals surface area (Å²) in [5.74, 6) is 0.683. The molecular formula is C16H21N3O3S. The molecule has 0 amide bonds. The fourth-order valence-corrected chi connectivity index (χ4v) is 4.68. The molecule has 23 heavy (non-hydrogen) atoms. The molecule has 2 aliphatic heterocycles. The molecule has 0 radical (unpaired) electrons. The lowest BCUT2D eigenvalue weighted by Gasteiger charge is -2.29. The lowest BCUT2D eigenvalue weighted by Crippen LogP contribution is -2.32. The molecule has 0 fully saturated rings. The van der Waals surface area contributed by atoms with Crippen LogP contribution in [0.1, 0.15) is 31.2 Å². The van der Waals surface area contributed by atoms with Crippen molar-refractivity contribution in [3.63, 3.8) is 0 Å². The smallest absolute Gasteiger partial charge is 0.264 e. The molecule has 4 rings (SSSR count). The molecule has 0 unspecified atom stereocenters. The molecular weight excluding hydrogens is 314 g/mol. The molecule has 0 spiro atoms. The normalized spacial score (nSPS) is 22.4. The minimum absolute atomic E-state index is 0.0486. The Bertz CT molecular complexity index is 839. The Labute approximate surface area is 138 Å². The molecule has 7 heteroatoms. The van der Waals surface area contributed by atoms with Crippen LogP contribution in [0.15, 0.2) is 4.79 Å². The van der Waals surface area contributed by atoms with Gasteiger partial charge in [0, 0.05) is 30.4 Å². The van der Waals surface area contributed by atoms with Crippen LogP contribution in [0.4, 0.5) is 5.95 Å². The lowest BCUT2D eigenvalue weighted by molar-refractivity contribution is -0.0379. The summed E-state index contributed by atoms with van der Waals surface area (Å²) in [5, 5.41) is 10.0. The molecule has 0 aliphatic carbocycles. The van der Waals surface area contributed by atoms with Gasteiger partial charge in [-0.1, -0.05) is 0 Å². The number of thiophene rings is 1. The van der Waals surface area contributed by atoms with Gasteiger partial charge in [0.1, 0.15) is 4.83 Å². The molecule has 2 aromatic rings. The summed E-state index contributed by atoms with van der Waals surface area (Å²) in [7, 11) is 0. The summed E-state index contributed by atoms with van der Waals surface area (Å²) >= 11 is 1.56. The third-order valence-corrected chi connectivity index (χ3v) is 5.85. The van der Waals surface area contributed by atoms with E-state index in [1.54, 1.807) is 15.9 Å². The zero-order valence-electron chi connectivity index (χ0n) is 13.6. The number of hydrogen-bond donors (Lipinski definition) is 1. The van der Waals surface area contributed by atoms with Crippen LogP contribution in [0.25, 0.3) is 10.2 Å². The van der Waals surface area contributed by atoms with E-state index >= 15 is 0 Å². The zero-order valence-corrected chi connectivity index (χ0v) is 14.4. The highest BCUT2D eigenvalue weighted by atomic mass is 32.1. The first-order valence-corrected chi connectivity index (χ1v) is 8.79. The van der Waals surface area contributed by atoms with Gasteiger partial charge in [-0.25, -0.2) is 4.98 Å². The van der Waals surface area contributed by atoms with Crippen LogP contribution in [0.3, 0.4) is 0 Å². The largest absolute Gasteiger partial charge is 0.395 e. The van der Waals surface area contributed by atoms with Crippen LogP contribution in [-0.4, -0.2) is 39.5 Å². The average molecular weight is 335 g/mol. The number of anilines is 1. The summed E-state index contributed by atoms with van der Waals surface area (Å²) in [6, 6.07) is 0.175. The number of aliphatic hydroxyl groups excluding tert-OH is 1. The van der Waals surface area contributed by atoms with E-state index in [0.717, 1.165) is 27.1 Å². The maximum atomic E-state index is 13.1. The van der Waals surface area contributed by atoms with Gasteiger partial charge in [0.2, 0.25) is 5.95 Å². The molecule has 6 nitrogen and oxygen atoms in total. The van der Waals surface area contributed by atoms with Gasteiger partial charge in [0.05, 0.1) is 24.2 Å². The summed E-state index contributed by atoms with van der Waals surface area (Å²) in [4.78, 5) is 21.8. The van der Waals surface area contributed by atoms with Crippen molar-refractivity contribution in [3.8, 4) is 0 Å². The molecule has 2 aliphatic rings. The van der Waals surface area contributed by atoms with Gasteiger partial charge in [0.15, 0.2) is 0 Å². The van der Waals surface area contributed by atoms with Crippen molar-refractivity contribution in [1.29, 1.82) is 0 Å². The van der Waals surface area contributed by atoms with E-state index in [2.05, 4.69) is 20.8 Å². The molecule has 2 aromatic heterocycles. The molecule has 4 heterocycles. The van der Waals surface area contributed by atoms with E-state index < -0.39 is 0 Å². The maximum Gasteiger partial charge on any atom is 0.264 e. The zero-order chi connectivity index (χ0) is 16.4. The number of hydrogen-bond acceptors (Lipinski definition) is 6. The van der Waals surface area contributed by atoms with Crippen molar-refractivity contribution in [2.75, 3.05) is 18.1 Å². The van der Waals surface area contributed by atoms with Crippen molar-refractivity contribution in [1.82, 2.24) is 9.55 Å². The Kier molecular flexibility index (Phi) is 3.30. The Morgan fingerprint density at radius 3 is 3.00 bits per heavy atom. The van der Waals surface area contributed by atoms with Crippen molar-refractivity contribution >= 4 is 27.5 Å². The maximum absolute atomic E-state index is 13.1. The number of β-amino-alcohol motifs (C(OH)–C–C–N with tert-alkyl or cyclic N) is 1. The molecule has 0 saturated carbocycles. The Hall–Kier alpha value is -1.44. The highest BCUT2D eigenvalue weighted by molar-refractivity contribution is 7.18. The van der Waals surface area contributed by atoms with Crippen LogP contribution in [0.2, 0.25) is 0 Å². The van der Waals surface area contributed by atoms with Crippen LogP contribution in [0, 0.1) is 0 Å². The second kappa shape index (κ2) is 5.03. The van der Waals surface area contributed by atoms with E-state index in [-0.39, 0.29) is 23.8 Å². The SMILES string of the molecule is C[C@H]1Cn2c(nc3sc4c(c3c2=O)CC(C)(C)OC4)N1CCO. The van der Waals surface area contributed by atoms with Crippen molar-refractivity contribution in [2.24, 2.45) is 0 Å². The molecule has 1 atom stereocenters. The van der Waals surface area contributed by atoms with Crippen molar-refractivity contribution in [2.45, 2.75) is 52.0 Å². The average Bonchev–Trinajstić information content (AvgIpc) is 2.98. The minimum atomic E-state index is -0.243. The summed E-state index contributed by atoms with van der Waals surface area (Å²) in [6.45, 7) is 7.91. The Morgan fingerprint density at radius 2 is 2.26 bits per heavy atom. The van der Waals surface area contributed by atoms with E-state index in [1.165, 1.54) is 0 Å². The lowest BCUT2D eigenvalue weighted by atomic mass is 9.94. The fraction of sp³-hybridized carbons (Fsp3) is 0.625. The fourth-order valence-electron chi connectivity index (χ4n) is 3.59. The second-order valence-corrected chi connectivity index (χ2v) is 8.09. The second-order valence-electron chi connectivity index (χ2n) is 7.00.